The summed E-state index contributed by atoms with van der Waals surface area (Å²) in [5, 5.41) is 5.99. The number of rotatable bonds is 8. The van der Waals surface area contributed by atoms with Crippen molar-refractivity contribution < 1.29 is 28.7 Å². The monoisotopic (exact) mass is 492 g/mol. The van der Waals surface area contributed by atoms with E-state index in [0.29, 0.717) is 27.1 Å². The van der Waals surface area contributed by atoms with Gasteiger partial charge in [0.2, 0.25) is 0 Å². The zero-order valence-electron chi connectivity index (χ0n) is 18.4. The summed E-state index contributed by atoms with van der Waals surface area (Å²) < 4.78 is 10.1. The molecule has 1 aliphatic carbocycles. The van der Waals surface area contributed by atoms with Crippen LogP contribution in [0.4, 0.5) is 5.00 Å². The Morgan fingerprint density at radius 1 is 1.15 bits per heavy atom. The zero-order chi connectivity index (χ0) is 24.0. The highest BCUT2D eigenvalue weighted by Gasteiger charge is 2.29. The van der Waals surface area contributed by atoms with Crippen LogP contribution in [0.25, 0.3) is 0 Å². The molecule has 2 aromatic rings. The topological polar surface area (TPSA) is 111 Å². The van der Waals surface area contributed by atoms with E-state index >= 15 is 0 Å². The van der Waals surface area contributed by atoms with E-state index in [1.54, 1.807) is 19.1 Å². The average molecular weight is 493 g/mol. The molecule has 2 N–H and O–H groups in total. The minimum atomic E-state index is -0.766. The summed E-state index contributed by atoms with van der Waals surface area (Å²) >= 11 is 7.14. The van der Waals surface area contributed by atoms with Crippen molar-refractivity contribution >= 4 is 51.7 Å². The third-order valence-electron chi connectivity index (χ3n) is 5.11. The standard InChI is InChI=1S/C23H25ClN2O6S/c1-3-31-23(30)20-16-9-4-13(2)10-17(16)33-22(20)26-18(27)12-32-19(28)11-25-21(29)14-5-7-15(24)8-6-14/h5-8,13H,3-4,9-12H2,1-2H3,(H,25,29)(H,26,27). The van der Waals surface area contributed by atoms with Crippen molar-refractivity contribution in [1.29, 1.82) is 0 Å². The molecular formula is C23H25ClN2O6S. The molecule has 1 aliphatic rings. The van der Waals surface area contributed by atoms with Crippen molar-refractivity contribution in [2.24, 2.45) is 5.92 Å². The molecule has 3 rings (SSSR count). The largest absolute Gasteiger partial charge is 0.462 e. The Balaban J connectivity index is 1.55. The second-order valence-corrected chi connectivity index (χ2v) is 9.22. The van der Waals surface area contributed by atoms with E-state index in [9.17, 15) is 19.2 Å². The predicted molar refractivity (Wildman–Crippen MR) is 125 cm³/mol. The predicted octanol–water partition coefficient (Wildman–Crippen LogP) is 3.61. The second-order valence-electron chi connectivity index (χ2n) is 7.67. The fourth-order valence-electron chi connectivity index (χ4n) is 3.47. The lowest BCUT2D eigenvalue weighted by atomic mass is 9.88. The number of hydrogen-bond acceptors (Lipinski definition) is 7. The number of carbonyl (C=O) groups is 4. The van der Waals surface area contributed by atoms with Crippen LogP contribution in [0, 0.1) is 5.92 Å². The molecule has 8 nitrogen and oxygen atoms in total. The molecule has 0 fully saturated rings. The fraction of sp³-hybridized carbons (Fsp3) is 0.391. The summed E-state index contributed by atoms with van der Waals surface area (Å²) in [4.78, 5) is 49.9. The molecule has 1 aromatic carbocycles. The van der Waals surface area contributed by atoms with E-state index in [1.165, 1.54) is 23.5 Å². The van der Waals surface area contributed by atoms with Crippen molar-refractivity contribution in [3.05, 3.63) is 50.9 Å². The molecule has 176 valence electrons. The van der Waals surface area contributed by atoms with E-state index in [-0.39, 0.29) is 6.61 Å². The van der Waals surface area contributed by atoms with E-state index in [4.69, 9.17) is 21.1 Å². The molecule has 1 heterocycles. The third-order valence-corrected chi connectivity index (χ3v) is 6.53. The number of thiophene rings is 1. The smallest absolute Gasteiger partial charge is 0.341 e. The van der Waals surface area contributed by atoms with Gasteiger partial charge in [-0.3, -0.25) is 14.4 Å². The molecule has 33 heavy (non-hydrogen) atoms. The van der Waals surface area contributed by atoms with Crippen molar-refractivity contribution in [3.8, 4) is 0 Å². The van der Waals surface area contributed by atoms with Crippen molar-refractivity contribution in [2.45, 2.75) is 33.1 Å². The van der Waals surface area contributed by atoms with E-state index in [2.05, 4.69) is 17.6 Å². The first-order valence-corrected chi connectivity index (χ1v) is 11.8. The Bertz CT molecular complexity index is 1050. The molecule has 0 spiro atoms. The number of anilines is 1. The quantitative estimate of drug-likeness (QED) is 0.544. The van der Waals surface area contributed by atoms with Crippen LogP contribution in [0.15, 0.2) is 24.3 Å². The van der Waals surface area contributed by atoms with Crippen molar-refractivity contribution in [2.75, 3.05) is 25.1 Å². The molecule has 1 unspecified atom stereocenters. The summed E-state index contributed by atoms with van der Waals surface area (Å²) in [6.07, 6.45) is 2.55. The fourth-order valence-corrected chi connectivity index (χ4v) is 5.01. The maximum absolute atomic E-state index is 12.5. The number of carbonyl (C=O) groups excluding carboxylic acids is 4. The van der Waals surface area contributed by atoms with Crippen LogP contribution in [0.2, 0.25) is 5.02 Å². The molecule has 0 aliphatic heterocycles. The number of ether oxygens (including phenoxy) is 2. The van der Waals surface area contributed by atoms with Gasteiger partial charge in [-0.15, -0.1) is 11.3 Å². The van der Waals surface area contributed by atoms with Gasteiger partial charge in [-0.2, -0.15) is 0 Å². The van der Waals surface area contributed by atoms with Crippen LogP contribution >= 0.6 is 22.9 Å². The highest BCUT2D eigenvalue weighted by Crippen LogP contribution is 2.40. The van der Waals surface area contributed by atoms with Gasteiger partial charge in [0.15, 0.2) is 6.61 Å². The Morgan fingerprint density at radius 2 is 1.88 bits per heavy atom. The maximum Gasteiger partial charge on any atom is 0.341 e. The van der Waals surface area contributed by atoms with Gasteiger partial charge < -0.3 is 20.1 Å². The summed E-state index contributed by atoms with van der Waals surface area (Å²) in [7, 11) is 0. The van der Waals surface area contributed by atoms with Crippen molar-refractivity contribution in [1.82, 2.24) is 5.32 Å². The number of nitrogens with one attached hydrogen (secondary N) is 2. The van der Waals surface area contributed by atoms with E-state index in [1.807, 2.05) is 0 Å². The number of hydrogen-bond donors (Lipinski definition) is 2. The van der Waals surface area contributed by atoms with Crippen LogP contribution in [-0.2, 0) is 31.9 Å². The molecule has 1 aromatic heterocycles. The number of halogens is 1. The number of amides is 2. The highest BCUT2D eigenvalue weighted by molar-refractivity contribution is 7.17. The Morgan fingerprint density at radius 3 is 2.58 bits per heavy atom. The number of benzene rings is 1. The molecule has 0 bridgehead atoms. The second kappa shape index (κ2) is 11.3. The normalized spacial score (nSPS) is 14.7. The lowest BCUT2D eigenvalue weighted by Gasteiger charge is -2.18. The van der Waals surface area contributed by atoms with Crippen LogP contribution in [0.1, 0.15) is 51.4 Å². The zero-order valence-corrected chi connectivity index (χ0v) is 19.9. The Hall–Kier alpha value is -2.91. The van der Waals surface area contributed by atoms with Gasteiger partial charge in [0.25, 0.3) is 11.8 Å². The van der Waals surface area contributed by atoms with Gasteiger partial charge in [0, 0.05) is 15.5 Å². The van der Waals surface area contributed by atoms with E-state index in [0.717, 1.165) is 29.7 Å². The molecule has 2 amide bonds. The third kappa shape index (κ3) is 6.55. The summed E-state index contributed by atoms with van der Waals surface area (Å²) in [6, 6.07) is 6.18. The summed E-state index contributed by atoms with van der Waals surface area (Å²) in [6.45, 7) is 3.16. The van der Waals surface area contributed by atoms with Crippen LogP contribution in [-0.4, -0.2) is 43.5 Å². The van der Waals surface area contributed by atoms with Gasteiger partial charge in [-0.1, -0.05) is 18.5 Å². The van der Waals surface area contributed by atoms with Gasteiger partial charge in [0.1, 0.15) is 11.5 Å². The molecule has 0 saturated carbocycles. The Labute approximate surface area is 200 Å². The van der Waals surface area contributed by atoms with Gasteiger partial charge in [-0.05, 0) is 61.9 Å². The van der Waals surface area contributed by atoms with Crippen molar-refractivity contribution in [3.63, 3.8) is 0 Å². The van der Waals surface area contributed by atoms with Crippen LogP contribution < -0.4 is 10.6 Å². The summed E-state index contributed by atoms with van der Waals surface area (Å²) in [5.41, 5.74) is 1.65. The maximum atomic E-state index is 12.5. The molecule has 0 radical (unpaired) electrons. The van der Waals surface area contributed by atoms with Gasteiger partial charge in [-0.25, -0.2) is 4.79 Å². The first kappa shape index (κ1) is 24.7. The molecule has 0 saturated heterocycles. The van der Waals surface area contributed by atoms with Gasteiger partial charge in [0.05, 0.1) is 12.2 Å². The van der Waals surface area contributed by atoms with Gasteiger partial charge >= 0.3 is 11.9 Å². The minimum absolute atomic E-state index is 0.229. The van der Waals surface area contributed by atoms with Crippen LogP contribution in [0.5, 0.6) is 0 Å². The number of esters is 2. The average Bonchev–Trinajstić information content (AvgIpc) is 3.13. The Kier molecular flexibility index (Phi) is 8.46. The lowest BCUT2D eigenvalue weighted by molar-refractivity contribution is -0.146. The SMILES string of the molecule is CCOC(=O)c1c(NC(=O)COC(=O)CNC(=O)c2ccc(Cl)cc2)sc2c1CCC(C)C2. The molecule has 10 heteroatoms. The lowest BCUT2D eigenvalue weighted by Crippen LogP contribution is -2.32. The summed E-state index contributed by atoms with van der Waals surface area (Å²) in [5.74, 6) is -1.78. The highest BCUT2D eigenvalue weighted by atomic mass is 35.5. The van der Waals surface area contributed by atoms with E-state index < -0.39 is 36.9 Å². The first-order chi connectivity index (χ1) is 15.8. The van der Waals surface area contributed by atoms with Crippen LogP contribution in [0.3, 0.4) is 0 Å². The molecule has 1 atom stereocenters. The molecular weight excluding hydrogens is 468 g/mol. The number of fused-ring (bicyclic) bond motifs is 1. The first-order valence-electron chi connectivity index (χ1n) is 10.6. The minimum Gasteiger partial charge on any atom is -0.462 e.